The molecule has 3 rings (SSSR count). The van der Waals surface area contributed by atoms with Crippen LogP contribution in [0.3, 0.4) is 0 Å². The molecule has 0 N–H and O–H groups in total. The lowest BCUT2D eigenvalue weighted by atomic mass is 9.84. The molecular formula is C22H26FNO6. The van der Waals surface area contributed by atoms with Gasteiger partial charge in [0.1, 0.15) is 18.2 Å². The summed E-state index contributed by atoms with van der Waals surface area (Å²) in [5.41, 5.74) is 0.188. The van der Waals surface area contributed by atoms with Gasteiger partial charge in [-0.3, -0.25) is 4.90 Å². The maximum atomic E-state index is 14.0. The summed E-state index contributed by atoms with van der Waals surface area (Å²) >= 11 is 0. The van der Waals surface area contributed by atoms with Crippen LogP contribution in [-0.2, 0) is 10.3 Å². The molecule has 0 fully saturated rings. The Hall–Kier alpha value is -3.00. The van der Waals surface area contributed by atoms with Gasteiger partial charge in [0, 0.05) is 12.0 Å². The lowest BCUT2D eigenvalue weighted by molar-refractivity contribution is -0.00293. The molecule has 162 valence electrons. The highest BCUT2D eigenvalue weighted by atomic mass is 19.1. The summed E-state index contributed by atoms with van der Waals surface area (Å²) < 4.78 is 41.2. The van der Waals surface area contributed by atoms with Crippen LogP contribution in [0.5, 0.6) is 23.0 Å². The zero-order chi connectivity index (χ0) is 21.9. The molecule has 0 aromatic heterocycles. The highest BCUT2D eigenvalue weighted by Gasteiger charge is 2.41. The minimum absolute atomic E-state index is 0.0231. The Morgan fingerprint density at radius 2 is 1.77 bits per heavy atom. The van der Waals surface area contributed by atoms with Crippen molar-refractivity contribution in [3.8, 4) is 23.0 Å². The van der Waals surface area contributed by atoms with Crippen molar-refractivity contribution < 1.29 is 32.9 Å². The largest absolute Gasteiger partial charge is 0.493 e. The summed E-state index contributed by atoms with van der Waals surface area (Å²) in [6.07, 6.45) is 0.541. The standard InChI is InChI=1S/C22H26FNO6/c1-24(2)22(8-9-29-17-7-6-15(23)12-16(17)22)13-30-21(25)14-10-18(26-3)20(28-5)19(11-14)27-4/h6-7,10-12H,8-9,13H2,1-5H3. The predicted octanol–water partition coefficient (Wildman–Crippen LogP) is 3.25. The van der Waals surface area contributed by atoms with Crippen molar-refractivity contribution in [3.63, 3.8) is 0 Å². The number of likely N-dealkylation sites (N-methyl/N-ethyl adjacent to an activating group) is 1. The van der Waals surface area contributed by atoms with Crippen LogP contribution in [0.25, 0.3) is 0 Å². The molecule has 0 aliphatic carbocycles. The van der Waals surface area contributed by atoms with Crippen LogP contribution in [0.4, 0.5) is 4.39 Å². The molecular weight excluding hydrogens is 393 g/mol. The number of ether oxygens (including phenoxy) is 5. The maximum absolute atomic E-state index is 14.0. The van der Waals surface area contributed by atoms with Gasteiger partial charge in [0.2, 0.25) is 5.75 Å². The zero-order valence-corrected chi connectivity index (χ0v) is 17.8. The SMILES string of the molecule is COc1cc(C(=O)OCC2(N(C)C)CCOc3ccc(F)cc32)cc(OC)c1OC. The van der Waals surface area contributed by atoms with E-state index in [1.165, 1.54) is 45.6 Å². The number of hydrogen-bond donors (Lipinski definition) is 0. The normalized spacial score (nSPS) is 17.7. The second kappa shape index (κ2) is 8.79. The fourth-order valence-corrected chi connectivity index (χ4v) is 3.67. The fraction of sp³-hybridized carbons (Fsp3) is 0.409. The summed E-state index contributed by atoms with van der Waals surface area (Å²) in [5, 5.41) is 0. The first kappa shape index (κ1) is 21.7. The third-order valence-electron chi connectivity index (χ3n) is 5.41. The Labute approximate surface area is 175 Å². The molecule has 1 aliphatic rings. The van der Waals surface area contributed by atoms with Crippen LogP contribution in [0.2, 0.25) is 0 Å². The number of carbonyl (C=O) groups is 1. The molecule has 1 aliphatic heterocycles. The predicted molar refractivity (Wildman–Crippen MR) is 108 cm³/mol. The first-order valence-electron chi connectivity index (χ1n) is 9.43. The topological polar surface area (TPSA) is 66.5 Å². The number of benzene rings is 2. The van der Waals surface area contributed by atoms with Crippen molar-refractivity contribution in [1.29, 1.82) is 0 Å². The van der Waals surface area contributed by atoms with E-state index in [1.54, 1.807) is 6.07 Å². The van der Waals surface area contributed by atoms with Crippen molar-refractivity contribution in [1.82, 2.24) is 4.90 Å². The van der Waals surface area contributed by atoms with Crippen LogP contribution in [-0.4, -0.2) is 59.5 Å². The molecule has 0 bridgehead atoms. The quantitative estimate of drug-likeness (QED) is 0.638. The minimum atomic E-state index is -0.716. The van der Waals surface area contributed by atoms with Gasteiger partial charge in [-0.1, -0.05) is 0 Å². The van der Waals surface area contributed by atoms with Gasteiger partial charge in [0.05, 0.1) is 39.0 Å². The third-order valence-corrected chi connectivity index (χ3v) is 5.41. The highest BCUT2D eigenvalue weighted by molar-refractivity contribution is 5.91. The molecule has 0 saturated carbocycles. The smallest absolute Gasteiger partial charge is 0.338 e. The van der Waals surface area contributed by atoms with Crippen LogP contribution < -0.4 is 18.9 Å². The van der Waals surface area contributed by atoms with E-state index in [2.05, 4.69) is 0 Å². The van der Waals surface area contributed by atoms with Crippen molar-refractivity contribution in [2.75, 3.05) is 48.6 Å². The average Bonchev–Trinajstić information content (AvgIpc) is 2.76. The zero-order valence-electron chi connectivity index (χ0n) is 17.8. The Kier molecular flexibility index (Phi) is 6.36. The van der Waals surface area contributed by atoms with E-state index in [0.717, 1.165) is 0 Å². The molecule has 2 aromatic carbocycles. The molecule has 0 radical (unpaired) electrons. The summed E-state index contributed by atoms with van der Waals surface area (Å²) in [6, 6.07) is 7.45. The van der Waals surface area contributed by atoms with Gasteiger partial charge in [0.15, 0.2) is 11.5 Å². The van der Waals surface area contributed by atoms with Crippen molar-refractivity contribution in [3.05, 3.63) is 47.3 Å². The number of methoxy groups -OCH3 is 3. The lowest BCUT2D eigenvalue weighted by Gasteiger charge is -2.43. The Morgan fingerprint density at radius 3 is 2.33 bits per heavy atom. The summed E-state index contributed by atoms with van der Waals surface area (Å²) in [4.78, 5) is 14.8. The second-order valence-corrected chi connectivity index (χ2v) is 7.16. The molecule has 7 nitrogen and oxygen atoms in total. The number of hydrogen-bond acceptors (Lipinski definition) is 7. The molecule has 1 unspecified atom stereocenters. The first-order valence-corrected chi connectivity index (χ1v) is 9.43. The minimum Gasteiger partial charge on any atom is -0.493 e. The first-order chi connectivity index (χ1) is 14.4. The van der Waals surface area contributed by atoms with Crippen LogP contribution in [0.1, 0.15) is 22.3 Å². The molecule has 1 atom stereocenters. The molecule has 30 heavy (non-hydrogen) atoms. The van der Waals surface area contributed by atoms with E-state index >= 15 is 0 Å². The maximum Gasteiger partial charge on any atom is 0.338 e. The van der Waals surface area contributed by atoms with E-state index in [4.69, 9.17) is 23.7 Å². The number of fused-ring (bicyclic) bond motifs is 1. The molecule has 0 amide bonds. The Balaban J connectivity index is 1.91. The summed E-state index contributed by atoms with van der Waals surface area (Å²) in [7, 11) is 8.17. The van der Waals surface area contributed by atoms with E-state index < -0.39 is 11.5 Å². The number of carbonyl (C=O) groups excluding carboxylic acids is 1. The highest BCUT2D eigenvalue weighted by Crippen LogP contribution is 2.42. The van der Waals surface area contributed by atoms with Crippen molar-refractivity contribution in [2.24, 2.45) is 0 Å². The van der Waals surface area contributed by atoms with Gasteiger partial charge >= 0.3 is 5.97 Å². The molecule has 1 heterocycles. The molecule has 8 heteroatoms. The molecule has 2 aromatic rings. The number of esters is 1. The van der Waals surface area contributed by atoms with Gasteiger partial charge in [-0.05, 0) is 44.4 Å². The van der Waals surface area contributed by atoms with Crippen LogP contribution >= 0.6 is 0 Å². The third kappa shape index (κ3) is 3.87. The van der Waals surface area contributed by atoms with Gasteiger partial charge < -0.3 is 23.7 Å². The van der Waals surface area contributed by atoms with Gasteiger partial charge in [-0.25, -0.2) is 9.18 Å². The van der Waals surface area contributed by atoms with Crippen LogP contribution in [0.15, 0.2) is 30.3 Å². The second-order valence-electron chi connectivity index (χ2n) is 7.16. The Bertz CT molecular complexity index is 907. The monoisotopic (exact) mass is 419 g/mol. The van der Waals surface area contributed by atoms with E-state index in [1.807, 2.05) is 19.0 Å². The lowest BCUT2D eigenvalue weighted by Crippen LogP contribution is -2.49. The molecule has 0 spiro atoms. The van der Waals surface area contributed by atoms with Crippen LogP contribution in [0, 0.1) is 5.82 Å². The fourth-order valence-electron chi connectivity index (χ4n) is 3.67. The summed E-state index contributed by atoms with van der Waals surface area (Å²) in [6.45, 7) is 0.452. The van der Waals surface area contributed by atoms with Crippen molar-refractivity contribution >= 4 is 5.97 Å². The van der Waals surface area contributed by atoms with E-state index in [9.17, 15) is 9.18 Å². The number of halogens is 1. The molecule has 0 saturated heterocycles. The number of rotatable bonds is 7. The van der Waals surface area contributed by atoms with E-state index in [-0.39, 0.29) is 18.0 Å². The van der Waals surface area contributed by atoms with Crippen molar-refractivity contribution in [2.45, 2.75) is 12.0 Å². The van der Waals surface area contributed by atoms with Gasteiger partial charge in [-0.15, -0.1) is 0 Å². The summed E-state index contributed by atoms with van der Waals surface area (Å²) in [5.74, 6) is 0.742. The van der Waals surface area contributed by atoms with Gasteiger partial charge in [-0.2, -0.15) is 0 Å². The van der Waals surface area contributed by atoms with E-state index in [0.29, 0.717) is 41.6 Å². The Morgan fingerprint density at radius 1 is 1.10 bits per heavy atom. The van der Waals surface area contributed by atoms with Gasteiger partial charge in [0.25, 0.3) is 0 Å². The number of nitrogens with zero attached hydrogens (tertiary/aromatic N) is 1. The average molecular weight is 419 g/mol.